The number of rotatable bonds is 7. The first kappa shape index (κ1) is 18.4. The Balaban J connectivity index is 2.08. The fourth-order valence-electron chi connectivity index (χ4n) is 2.30. The Morgan fingerprint density at radius 3 is 2.48 bits per heavy atom. The first-order valence-corrected chi connectivity index (χ1v) is 8.16. The molecule has 0 aliphatic heterocycles. The Morgan fingerprint density at radius 1 is 1.16 bits per heavy atom. The van der Waals surface area contributed by atoms with Crippen molar-refractivity contribution in [1.29, 1.82) is 0 Å². The molecule has 0 bridgehead atoms. The molecule has 0 aliphatic carbocycles. The maximum Gasteiger partial charge on any atom is 0.240 e. The summed E-state index contributed by atoms with van der Waals surface area (Å²) < 4.78 is 5.75. The van der Waals surface area contributed by atoms with Crippen LogP contribution in [0.2, 0.25) is 0 Å². The normalized spacial score (nSPS) is 10.4. The number of ether oxygens (including phenoxy) is 1. The zero-order valence-electron chi connectivity index (χ0n) is 14.7. The quantitative estimate of drug-likeness (QED) is 0.840. The third-order valence-electron chi connectivity index (χ3n) is 3.44. The molecule has 0 unspecified atom stereocenters. The molecule has 1 aromatic heterocycles. The van der Waals surface area contributed by atoms with Crippen LogP contribution < -0.4 is 15.0 Å². The van der Waals surface area contributed by atoms with Gasteiger partial charge in [0, 0.05) is 25.9 Å². The van der Waals surface area contributed by atoms with Crippen LogP contribution in [0.4, 0.5) is 5.69 Å². The molecule has 2 amide bonds. The van der Waals surface area contributed by atoms with Crippen LogP contribution in [0, 0.1) is 0 Å². The lowest BCUT2D eigenvalue weighted by molar-refractivity contribution is -0.123. The van der Waals surface area contributed by atoms with Crippen molar-refractivity contribution < 1.29 is 14.3 Å². The molecule has 0 saturated heterocycles. The molecule has 2 aromatic rings. The number of nitrogens with zero attached hydrogens (tertiary/aromatic N) is 2. The number of carbonyl (C=O) groups is 2. The summed E-state index contributed by atoms with van der Waals surface area (Å²) in [6, 6.07) is 10.9. The minimum Gasteiger partial charge on any atom is -0.489 e. The van der Waals surface area contributed by atoms with Gasteiger partial charge in [-0.05, 0) is 43.7 Å². The van der Waals surface area contributed by atoms with Gasteiger partial charge in [-0.3, -0.25) is 19.5 Å². The number of hydrogen-bond donors (Lipinski definition) is 1. The Bertz CT molecular complexity index is 717. The first-order chi connectivity index (χ1) is 12.0. The number of benzene rings is 1. The van der Waals surface area contributed by atoms with Gasteiger partial charge in [0.2, 0.25) is 11.8 Å². The summed E-state index contributed by atoms with van der Waals surface area (Å²) >= 11 is 0. The largest absolute Gasteiger partial charge is 0.489 e. The number of aromatic nitrogens is 1. The van der Waals surface area contributed by atoms with E-state index in [9.17, 15) is 9.59 Å². The van der Waals surface area contributed by atoms with Crippen molar-refractivity contribution in [2.24, 2.45) is 0 Å². The second kappa shape index (κ2) is 8.82. The fraction of sp³-hybridized carbons (Fsp3) is 0.316. The molecule has 6 heteroatoms. The third-order valence-corrected chi connectivity index (χ3v) is 3.44. The fourth-order valence-corrected chi connectivity index (χ4v) is 2.30. The topological polar surface area (TPSA) is 71.5 Å². The van der Waals surface area contributed by atoms with E-state index in [2.05, 4.69) is 10.3 Å². The van der Waals surface area contributed by atoms with Crippen molar-refractivity contribution in [2.45, 2.75) is 33.4 Å². The molecule has 0 saturated carbocycles. The highest BCUT2D eigenvalue weighted by molar-refractivity contribution is 5.98. The molecule has 132 valence electrons. The lowest BCUT2D eigenvalue weighted by Gasteiger charge is -2.24. The van der Waals surface area contributed by atoms with Crippen LogP contribution in [0.3, 0.4) is 0 Å². The predicted octanol–water partition coefficient (Wildman–Crippen LogP) is 2.54. The molecule has 2 rings (SSSR count). The van der Waals surface area contributed by atoms with E-state index in [4.69, 9.17) is 4.74 Å². The minimum absolute atomic E-state index is 0.0320. The number of hydrogen-bond acceptors (Lipinski definition) is 4. The van der Waals surface area contributed by atoms with Gasteiger partial charge in [0.15, 0.2) is 0 Å². The summed E-state index contributed by atoms with van der Waals surface area (Å²) in [5.41, 5.74) is 1.53. The van der Waals surface area contributed by atoms with E-state index in [-0.39, 0.29) is 24.5 Å². The van der Waals surface area contributed by atoms with Crippen LogP contribution in [0.25, 0.3) is 0 Å². The maximum atomic E-state index is 12.3. The Morgan fingerprint density at radius 2 is 1.84 bits per heavy atom. The van der Waals surface area contributed by atoms with Crippen LogP contribution in [0.15, 0.2) is 48.8 Å². The summed E-state index contributed by atoms with van der Waals surface area (Å²) in [4.78, 5) is 29.7. The average molecular weight is 341 g/mol. The zero-order chi connectivity index (χ0) is 18.2. The van der Waals surface area contributed by atoms with E-state index in [0.29, 0.717) is 18.0 Å². The predicted molar refractivity (Wildman–Crippen MR) is 96.3 cm³/mol. The average Bonchev–Trinajstić information content (AvgIpc) is 2.59. The minimum atomic E-state index is -0.244. The van der Waals surface area contributed by atoms with Gasteiger partial charge in [0.1, 0.15) is 12.3 Å². The van der Waals surface area contributed by atoms with Crippen LogP contribution in [-0.2, 0) is 16.1 Å². The van der Waals surface area contributed by atoms with Gasteiger partial charge in [-0.2, -0.15) is 0 Å². The maximum absolute atomic E-state index is 12.3. The van der Waals surface area contributed by atoms with Crippen LogP contribution in [0.5, 0.6) is 5.75 Å². The van der Waals surface area contributed by atoms with Gasteiger partial charge in [-0.15, -0.1) is 0 Å². The Kier molecular flexibility index (Phi) is 6.51. The number of nitrogens with one attached hydrogen (secondary N) is 1. The van der Waals surface area contributed by atoms with E-state index < -0.39 is 0 Å². The van der Waals surface area contributed by atoms with Crippen molar-refractivity contribution in [3.63, 3.8) is 0 Å². The summed E-state index contributed by atoms with van der Waals surface area (Å²) in [5, 5.41) is 2.81. The first-order valence-electron chi connectivity index (χ1n) is 8.16. The second-order valence-electron chi connectivity index (χ2n) is 5.87. The summed E-state index contributed by atoms with van der Waals surface area (Å²) in [6.07, 6.45) is 3.31. The lowest BCUT2D eigenvalue weighted by Crippen LogP contribution is -2.39. The van der Waals surface area contributed by atoms with E-state index >= 15 is 0 Å². The molecule has 1 N–H and O–H groups in total. The Labute approximate surface area is 147 Å². The van der Waals surface area contributed by atoms with Crippen molar-refractivity contribution in [1.82, 2.24) is 10.3 Å². The summed E-state index contributed by atoms with van der Waals surface area (Å²) in [7, 11) is 0. The van der Waals surface area contributed by atoms with E-state index in [1.54, 1.807) is 24.5 Å². The highest BCUT2D eigenvalue weighted by Gasteiger charge is 2.19. The highest BCUT2D eigenvalue weighted by Crippen LogP contribution is 2.29. The molecule has 0 aliphatic rings. The SMILES string of the molecule is CC(=O)N(CC(=O)NCc1ccncc1)c1ccccc1OC(C)C. The van der Waals surface area contributed by atoms with Gasteiger partial charge >= 0.3 is 0 Å². The van der Waals surface area contributed by atoms with Crippen LogP contribution >= 0.6 is 0 Å². The molecule has 25 heavy (non-hydrogen) atoms. The standard InChI is InChI=1S/C19H23N3O3/c1-14(2)25-18-7-5-4-6-17(18)22(15(3)23)13-19(24)21-12-16-8-10-20-11-9-16/h4-11,14H,12-13H2,1-3H3,(H,21,24). The van der Waals surface area contributed by atoms with Gasteiger partial charge in [-0.1, -0.05) is 12.1 Å². The summed E-state index contributed by atoms with van der Waals surface area (Å²) in [5.74, 6) is 0.111. The summed E-state index contributed by atoms with van der Waals surface area (Å²) in [6.45, 7) is 5.57. The number of para-hydroxylation sites is 2. The van der Waals surface area contributed by atoms with E-state index in [1.807, 2.05) is 38.1 Å². The number of pyridine rings is 1. The monoisotopic (exact) mass is 341 g/mol. The third kappa shape index (κ3) is 5.60. The molecule has 1 heterocycles. The molecule has 1 aromatic carbocycles. The molecule has 0 spiro atoms. The van der Waals surface area contributed by atoms with Crippen molar-refractivity contribution in [3.05, 3.63) is 54.4 Å². The highest BCUT2D eigenvalue weighted by atomic mass is 16.5. The molecular weight excluding hydrogens is 318 g/mol. The van der Waals surface area contributed by atoms with Crippen molar-refractivity contribution in [2.75, 3.05) is 11.4 Å². The van der Waals surface area contributed by atoms with Gasteiger partial charge in [-0.25, -0.2) is 0 Å². The number of anilines is 1. The zero-order valence-corrected chi connectivity index (χ0v) is 14.7. The Hall–Kier alpha value is -2.89. The van der Waals surface area contributed by atoms with Crippen LogP contribution in [0.1, 0.15) is 26.3 Å². The van der Waals surface area contributed by atoms with Gasteiger partial charge in [0.05, 0.1) is 11.8 Å². The lowest BCUT2D eigenvalue weighted by atomic mass is 10.2. The van der Waals surface area contributed by atoms with Crippen molar-refractivity contribution >= 4 is 17.5 Å². The number of amides is 2. The smallest absolute Gasteiger partial charge is 0.240 e. The van der Waals surface area contributed by atoms with Gasteiger partial charge in [0.25, 0.3) is 0 Å². The van der Waals surface area contributed by atoms with E-state index in [0.717, 1.165) is 5.56 Å². The van der Waals surface area contributed by atoms with Crippen LogP contribution in [-0.4, -0.2) is 29.4 Å². The molecular formula is C19H23N3O3. The number of carbonyl (C=O) groups excluding carboxylic acids is 2. The van der Waals surface area contributed by atoms with E-state index in [1.165, 1.54) is 11.8 Å². The van der Waals surface area contributed by atoms with Crippen molar-refractivity contribution in [3.8, 4) is 5.75 Å². The molecule has 6 nitrogen and oxygen atoms in total. The molecule has 0 radical (unpaired) electrons. The van der Waals surface area contributed by atoms with Gasteiger partial charge < -0.3 is 10.1 Å². The second-order valence-corrected chi connectivity index (χ2v) is 5.87. The molecule has 0 atom stereocenters. The molecule has 0 fully saturated rings.